The molecule has 3 rings (SSSR count). The molecule has 0 atom stereocenters. The lowest BCUT2D eigenvalue weighted by atomic mass is 9.99. The summed E-state index contributed by atoms with van der Waals surface area (Å²) in [7, 11) is 4.18. The molecule has 0 saturated carbocycles. The van der Waals surface area contributed by atoms with Crippen molar-refractivity contribution in [2.45, 2.75) is 0 Å². The smallest absolute Gasteiger partial charge is 0.250 e. The lowest BCUT2D eigenvalue weighted by molar-refractivity contribution is 0.100. The third-order valence-electron chi connectivity index (χ3n) is 5.17. The molecule has 150 valence electrons. The van der Waals surface area contributed by atoms with Crippen LogP contribution >= 0.6 is 11.6 Å². The number of hydrogen-bond donors (Lipinski definition) is 2. The Morgan fingerprint density at radius 1 is 1.11 bits per heavy atom. The molecule has 7 heteroatoms. The lowest BCUT2D eigenvalue weighted by Gasteiger charge is -2.37. The molecule has 1 heterocycles. The fraction of sp³-hybridized carbons (Fsp3) is 0.381. The number of carbonyl (C=O) groups excluding carboxylic acids is 1. The van der Waals surface area contributed by atoms with Gasteiger partial charge in [-0.25, -0.2) is 0 Å². The van der Waals surface area contributed by atoms with Crippen LogP contribution in [0.5, 0.6) is 0 Å². The zero-order chi connectivity index (χ0) is 20.3. The molecule has 6 nitrogen and oxygen atoms in total. The van der Waals surface area contributed by atoms with Gasteiger partial charge in [-0.15, -0.1) is 0 Å². The highest BCUT2D eigenvalue weighted by Gasteiger charge is 2.21. The second-order valence-corrected chi connectivity index (χ2v) is 7.82. The summed E-state index contributed by atoms with van der Waals surface area (Å²) in [6, 6.07) is 11.3. The van der Waals surface area contributed by atoms with E-state index in [1.807, 2.05) is 30.3 Å². The number of halogens is 1. The van der Waals surface area contributed by atoms with Crippen LogP contribution in [0.2, 0.25) is 5.02 Å². The van der Waals surface area contributed by atoms with Crippen LogP contribution in [-0.4, -0.2) is 69.1 Å². The van der Waals surface area contributed by atoms with Crippen molar-refractivity contribution in [1.82, 2.24) is 9.80 Å². The van der Waals surface area contributed by atoms with Crippen molar-refractivity contribution in [3.8, 4) is 11.1 Å². The van der Waals surface area contributed by atoms with Gasteiger partial charge in [0.15, 0.2) is 0 Å². The number of primary amides is 1. The van der Waals surface area contributed by atoms with Gasteiger partial charge in [-0.1, -0.05) is 29.8 Å². The molecule has 0 radical (unpaired) electrons. The summed E-state index contributed by atoms with van der Waals surface area (Å²) in [5.74, 6) is -0.535. The maximum absolute atomic E-state index is 12.0. The Morgan fingerprint density at radius 2 is 1.79 bits per heavy atom. The van der Waals surface area contributed by atoms with E-state index in [0.29, 0.717) is 16.3 Å². The van der Waals surface area contributed by atoms with E-state index in [4.69, 9.17) is 23.1 Å². The molecule has 0 bridgehead atoms. The lowest BCUT2D eigenvalue weighted by Crippen LogP contribution is -2.48. The summed E-state index contributed by atoms with van der Waals surface area (Å²) >= 11 is 6.53. The molecule has 0 spiro atoms. The zero-order valence-corrected chi connectivity index (χ0v) is 17.2. The van der Waals surface area contributed by atoms with Crippen LogP contribution in [0.15, 0.2) is 36.4 Å². The average Bonchev–Trinajstić information content (AvgIpc) is 2.67. The van der Waals surface area contributed by atoms with Crippen LogP contribution < -0.4 is 16.4 Å². The Labute approximate surface area is 171 Å². The summed E-state index contributed by atoms with van der Waals surface area (Å²) in [4.78, 5) is 18.9. The zero-order valence-electron chi connectivity index (χ0n) is 16.5. The maximum Gasteiger partial charge on any atom is 0.250 e. The van der Waals surface area contributed by atoms with E-state index in [1.54, 1.807) is 6.07 Å². The van der Waals surface area contributed by atoms with Gasteiger partial charge in [0, 0.05) is 61.8 Å². The fourth-order valence-corrected chi connectivity index (χ4v) is 3.78. The first-order valence-electron chi connectivity index (χ1n) is 9.47. The van der Waals surface area contributed by atoms with Crippen molar-refractivity contribution in [3.63, 3.8) is 0 Å². The number of para-hydroxylation sites is 1. The molecule has 0 aliphatic carbocycles. The molecule has 28 heavy (non-hydrogen) atoms. The average molecular weight is 402 g/mol. The molecule has 1 amide bonds. The minimum atomic E-state index is -0.535. The first-order chi connectivity index (χ1) is 13.4. The first kappa shape index (κ1) is 20.5. The summed E-state index contributed by atoms with van der Waals surface area (Å²) in [5.41, 5.74) is 15.2. The Morgan fingerprint density at radius 3 is 2.39 bits per heavy atom. The highest BCUT2D eigenvalue weighted by molar-refractivity contribution is 6.36. The van der Waals surface area contributed by atoms with Gasteiger partial charge in [0.05, 0.1) is 10.6 Å². The number of amides is 1. The van der Waals surface area contributed by atoms with Gasteiger partial charge in [0.1, 0.15) is 0 Å². The first-order valence-corrected chi connectivity index (χ1v) is 9.85. The van der Waals surface area contributed by atoms with Gasteiger partial charge in [-0.2, -0.15) is 0 Å². The summed E-state index contributed by atoms with van der Waals surface area (Å²) < 4.78 is 0. The van der Waals surface area contributed by atoms with Crippen LogP contribution in [-0.2, 0) is 0 Å². The number of nitrogens with zero attached hydrogens (tertiary/aromatic N) is 3. The van der Waals surface area contributed by atoms with Crippen molar-refractivity contribution in [3.05, 3.63) is 47.0 Å². The predicted octanol–water partition coefficient (Wildman–Crippen LogP) is 2.37. The van der Waals surface area contributed by atoms with Gasteiger partial charge in [0.25, 0.3) is 0 Å². The molecule has 4 N–H and O–H groups in total. The molecule has 1 aliphatic heterocycles. The third kappa shape index (κ3) is 4.58. The Balaban J connectivity index is 1.88. The minimum absolute atomic E-state index is 0.326. The van der Waals surface area contributed by atoms with Crippen LogP contribution in [0.4, 0.5) is 11.4 Å². The predicted molar refractivity (Wildman–Crippen MR) is 117 cm³/mol. The van der Waals surface area contributed by atoms with Crippen LogP contribution in [0.1, 0.15) is 10.4 Å². The van der Waals surface area contributed by atoms with E-state index in [2.05, 4.69) is 28.8 Å². The quantitative estimate of drug-likeness (QED) is 0.726. The number of rotatable bonds is 6. The standard InChI is InChI=1S/C21H28ClN5O/c1-25(2)7-8-26-9-11-27(12-10-26)15-13-17(16-5-3-4-6-19(16)23)20(22)18(14-15)21(24)28/h3-6,13-14H,7-12,23H2,1-2H3,(H2,24,28). The summed E-state index contributed by atoms with van der Waals surface area (Å²) in [5, 5.41) is 0.346. The van der Waals surface area contributed by atoms with Crippen molar-refractivity contribution < 1.29 is 4.79 Å². The van der Waals surface area contributed by atoms with Crippen molar-refractivity contribution >= 4 is 28.9 Å². The number of carbonyl (C=O) groups is 1. The fourth-order valence-electron chi connectivity index (χ4n) is 3.48. The van der Waals surface area contributed by atoms with Crippen LogP contribution in [0.25, 0.3) is 11.1 Å². The Hall–Kier alpha value is -2.28. The molecular formula is C21H28ClN5O. The van der Waals surface area contributed by atoms with E-state index < -0.39 is 5.91 Å². The Bertz CT molecular complexity index is 847. The van der Waals surface area contributed by atoms with Crippen molar-refractivity contribution in [2.24, 2.45) is 5.73 Å². The van der Waals surface area contributed by atoms with Gasteiger partial charge < -0.3 is 21.3 Å². The molecule has 0 aromatic heterocycles. The number of likely N-dealkylation sites (N-methyl/N-ethyl adjacent to an activating group) is 1. The molecular weight excluding hydrogens is 374 g/mol. The monoisotopic (exact) mass is 401 g/mol. The number of anilines is 2. The van der Waals surface area contributed by atoms with E-state index in [-0.39, 0.29) is 0 Å². The maximum atomic E-state index is 12.0. The number of nitrogen functional groups attached to an aromatic ring is 1. The van der Waals surface area contributed by atoms with Crippen LogP contribution in [0.3, 0.4) is 0 Å². The highest BCUT2D eigenvalue weighted by atomic mass is 35.5. The van der Waals surface area contributed by atoms with Crippen LogP contribution in [0, 0.1) is 0 Å². The van der Waals surface area contributed by atoms with Crippen molar-refractivity contribution in [1.29, 1.82) is 0 Å². The largest absolute Gasteiger partial charge is 0.398 e. The number of piperazine rings is 1. The minimum Gasteiger partial charge on any atom is -0.398 e. The van der Waals surface area contributed by atoms with E-state index in [9.17, 15) is 4.79 Å². The summed E-state index contributed by atoms with van der Waals surface area (Å²) in [6.45, 7) is 5.83. The topological polar surface area (TPSA) is 78.8 Å². The summed E-state index contributed by atoms with van der Waals surface area (Å²) in [6.07, 6.45) is 0. The van der Waals surface area contributed by atoms with E-state index in [0.717, 1.165) is 56.1 Å². The molecule has 1 fully saturated rings. The molecule has 2 aromatic carbocycles. The second-order valence-electron chi connectivity index (χ2n) is 7.44. The van der Waals surface area contributed by atoms with E-state index in [1.165, 1.54) is 0 Å². The number of nitrogens with two attached hydrogens (primary N) is 2. The van der Waals surface area contributed by atoms with Crippen molar-refractivity contribution in [2.75, 3.05) is 64.0 Å². The molecule has 1 aliphatic rings. The highest BCUT2D eigenvalue weighted by Crippen LogP contribution is 2.37. The van der Waals surface area contributed by atoms with Gasteiger partial charge in [0.2, 0.25) is 5.91 Å². The third-order valence-corrected chi connectivity index (χ3v) is 5.58. The van der Waals surface area contributed by atoms with Gasteiger partial charge >= 0.3 is 0 Å². The molecule has 1 saturated heterocycles. The molecule has 0 unspecified atom stereocenters. The number of benzene rings is 2. The number of hydrogen-bond acceptors (Lipinski definition) is 5. The van der Waals surface area contributed by atoms with E-state index >= 15 is 0 Å². The normalized spacial score (nSPS) is 15.2. The SMILES string of the molecule is CN(C)CCN1CCN(c2cc(C(N)=O)c(Cl)c(-c3ccccc3N)c2)CC1. The van der Waals surface area contributed by atoms with Gasteiger partial charge in [-0.05, 0) is 32.3 Å². The van der Waals surface area contributed by atoms with Gasteiger partial charge in [-0.3, -0.25) is 9.69 Å². The second kappa shape index (κ2) is 8.82. The molecule has 2 aromatic rings. The Kier molecular flexibility index (Phi) is 6.44.